The van der Waals surface area contributed by atoms with Gasteiger partial charge in [-0.2, -0.15) is 0 Å². The topological polar surface area (TPSA) is 84.5 Å². The SMILES string of the molecule is O=C(COC(=O)[C@@H]1CSC2(CCCC2)C(=O)N1)Nc1ccc(Br)cc1. The van der Waals surface area contributed by atoms with Crippen LogP contribution in [-0.2, 0) is 19.1 Å². The average molecular weight is 427 g/mol. The van der Waals surface area contributed by atoms with Crippen LogP contribution in [0.1, 0.15) is 25.7 Å². The number of rotatable bonds is 4. The third kappa shape index (κ3) is 4.36. The second-order valence-electron chi connectivity index (χ2n) is 6.20. The van der Waals surface area contributed by atoms with Gasteiger partial charge in [-0.25, -0.2) is 4.79 Å². The van der Waals surface area contributed by atoms with Crippen LogP contribution in [0.15, 0.2) is 28.7 Å². The molecular formula is C17H19BrN2O4S. The zero-order valence-corrected chi connectivity index (χ0v) is 16.0. The van der Waals surface area contributed by atoms with Crippen molar-refractivity contribution in [3.8, 4) is 0 Å². The number of halogens is 1. The Labute approximate surface area is 158 Å². The Balaban J connectivity index is 1.45. The Morgan fingerprint density at radius 2 is 1.96 bits per heavy atom. The van der Waals surface area contributed by atoms with Crippen molar-refractivity contribution in [3.05, 3.63) is 28.7 Å². The largest absolute Gasteiger partial charge is 0.454 e. The van der Waals surface area contributed by atoms with E-state index in [0.717, 1.165) is 30.2 Å². The van der Waals surface area contributed by atoms with E-state index < -0.39 is 17.9 Å². The minimum absolute atomic E-state index is 0.0810. The number of hydrogen-bond acceptors (Lipinski definition) is 5. The van der Waals surface area contributed by atoms with E-state index in [2.05, 4.69) is 26.6 Å². The van der Waals surface area contributed by atoms with Crippen molar-refractivity contribution in [2.45, 2.75) is 36.5 Å². The number of benzene rings is 1. The molecule has 1 aromatic rings. The predicted molar refractivity (Wildman–Crippen MR) is 99.3 cm³/mol. The van der Waals surface area contributed by atoms with E-state index in [-0.39, 0.29) is 17.3 Å². The summed E-state index contributed by atoms with van der Waals surface area (Å²) in [5, 5.41) is 5.40. The maximum atomic E-state index is 12.3. The van der Waals surface area contributed by atoms with Crippen molar-refractivity contribution in [3.63, 3.8) is 0 Å². The highest BCUT2D eigenvalue weighted by Gasteiger charge is 2.47. The molecule has 2 N–H and O–H groups in total. The van der Waals surface area contributed by atoms with Gasteiger partial charge >= 0.3 is 5.97 Å². The number of ether oxygens (including phenoxy) is 1. The maximum Gasteiger partial charge on any atom is 0.330 e. The Morgan fingerprint density at radius 1 is 1.28 bits per heavy atom. The van der Waals surface area contributed by atoms with E-state index in [0.29, 0.717) is 11.4 Å². The van der Waals surface area contributed by atoms with Crippen molar-refractivity contribution in [2.24, 2.45) is 0 Å². The summed E-state index contributed by atoms with van der Waals surface area (Å²) in [6, 6.07) is 6.39. The molecule has 2 amide bonds. The molecule has 1 heterocycles. The van der Waals surface area contributed by atoms with Crippen LogP contribution in [0.4, 0.5) is 5.69 Å². The van der Waals surface area contributed by atoms with Gasteiger partial charge in [-0.15, -0.1) is 11.8 Å². The summed E-state index contributed by atoms with van der Waals surface area (Å²) in [5.41, 5.74) is 0.619. The second-order valence-corrected chi connectivity index (χ2v) is 8.52. The van der Waals surface area contributed by atoms with Crippen LogP contribution < -0.4 is 10.6 Å². The normalized spacial score (nSPS) is 21.6. The van der Waals surface area contributed by atoms with Crippen LogP contribution in [0, 0.1) is 0 Å². The average Bonchev–Trinajstić information content (AvgIpc) is 3.07. The van der Waals surface area contributed by atoms with Gasteiger partial charge in [0, 0.05) is 15.9 Å². The minimum Gasteiger partial charge on any atom is -0.454 e. The highest BCUT2D eigenvalue weighted by atomic mass is 79.9. The smallest absolute Gasteiger partial charge is 0.330 e. The van der Waals surface area contributed by atoms with Crippen LogP contribution in [0.25, 0.3) is 0 Å². The number of carbonyl (C=O) groups excluding carboxylic acids is 3. The molecule has 0 unspecified atom stereocenters. The van der Waals surface area contributed by atoms with E-state index in [9.17, 15) is 14.4 Å². The molecule has 0 radical (unpaired) electrons. The molecule has 25 heavy (non-hydrogen) atoms. The first-order chi connectivity index (χ1) is 12.0. The van der Waals surface area contributed by atoms with Crippen molar-refractivity contribution >= 4 is 51.2 Å². The van der Waals surface area contributed by atoms with Crippen LogP contribution in [0.2, 0.25) is 0 Å². The Bertz CT molecular complexity index is 674. The summed E-state index contributed by atoms with van der Waals surface area (Å²) in [6.07, 6.45) is 3.82. The van der Waals surface area contributed by atoms with Gasteiger partial charge in [-0.3, -0.25) is 9.59 Å². The quantitative estimate of drug-likeness (QED) is 0.722. The van der Waals surface area contributed by atoms with Gasteiger partial charge in [-0.1, -0.05) is 28.8 Å². The second kappa shape index (κ2) is 7.78. The summed E-state index contributed by atoms with van der Waals surface area (Å²) in [6.45, 7) is -0.378. The van der Waals surface area contributed by atoms with Crippen LogP contribution in [-0.4, -0.2) is 40.9 Å². The van der Waals surface area contributed by atoms with E-state index in [4.69, 9.17) is 4.74 Å². The lowest BCUT2D eigenvalue weighted by Crippen LogP contribution is -2.56. The minimum atomic E-state index is -0.691. The molecule has 1 aliphatic heterocycles. The molecule has 2 aliphatic rings. The highest BCUT2D eigenvalue weighted by Crippen LogP contribution is 2.44. The summed E-state index contributed by atoms with van der Waals surface area (Å²) in [5.74, 6) is -0.585. The molecule has 1 saturated heterocycles. The van der Waals surface area contributed by atoms with E-state index >= 15 is 0 Å². The Hall–Kier alpha value is -1.54. The lowest BCUT2D eigenvalue weighted by molar-refractivity contribution is -0.150. The van der Waals surface area contributed by atoms with Crippen LogP contribution in [0.3, 0.4) is 0 Å². The maximum absolute atomic E-state index is 12.3. The third-order valence-corrected chi connectivity index (χ3v) is 6.59. The Kier molecular flexibility index (Phi) is 5.68. The molecule has 134 valence electrons. The number of hydrogen-bond donors (Lipinski definition) is 2. The van der Waals surface area contributed by atoms with Gasteiger partial charge in [0.2, 0.25) is 5.91 Å². The van der Waals surface area contributed by atoms with E-state index in [1.165, 1.54) is 11.8 Å². The number of carbonyl (C=O) groups is 3. The molecular weight excluding hydrogens is 408 g/mol. The molecule has 1 aliphatic carbocycles. The number of thioether (sulfide) groups is 1. The van der Waals surface area contributed by atoms with Crippen LogP contribution in [0.5, 0.6) is 0 Å². The molecule has 8 heteroatoms. The van der Waals surface area contributed by atoms with Gasteiger partial charge in [0.25, 0.3) is 5.91 Å². The first-order valence-corrected chi connectivity index (χ1v) is 9.93. The molecule has 1 atom stereocenters. The molecule has 1 saturated carbocycles. The summed E-state index contributed by atoms with van der Waals surface area (Å²) < 4.78 is 5.59. The monoisotopic (exact) mass is 426 g/mol. The zero-order valence-electron chi connectivity index (χ0n) is 13.5. The predicted octanol–water partition coefficient (Wildman–Crippen LogP) is 2.48. The van der Waals surface area contributed by atoms with Crippen molar-refractivity contribution < 1.29 is 19.1 Å². The number of anilines is 1. The van der Waals surface area contributed by atoms with E-state index in [1.807, 2.05) is 0 Å². The summed E-state index contributed by atoms with van der Waals surface area (Å²) in [7, 11) is 0. The summed E-state index contributed by atoms with van der Waals surface area (Å²) in [4.78, 5) is 36.3. The number of nitrogens with one attached hydrogen (secondary N) is 2. The van der Waals surface area contributed by atoms with Crippen molar-refractivity contribution in [1.29, 1.82) is 0 Å². The molecule has 2 fully saturated rings. The molecule has 1 spiro atoms. The molecule has 0 bridgehead atoms. The lowest BCUT2D eigenvalue weighted by atomic mass is 10.1. The lowest BCUT2D eigenvalue weighted by Gasteiger charge is -2.35. The van der Waals surface area contributed by atoms with Gasteiger partial charge < -0.3 is 15.4 Å². The van der Waals surface area contributed by atoms with Crippen LogP contribution >= 0.6 is 27.7 Å². The van der Waals surface area contributed by atoms with Gasteiger partial charge in [0.1, 0.15) is 6.04 Å². The number of esters is 1. The van der Waals surface area contributed by atoms with Crippen molar-refractivity contribution in [2.75, 3.05) is 17.7 Å². The molecule has 6 nitrogen and oxygen atoms in total. The van der Waals surface area contributed by atoms with Crippen molar-refractivity contribution in [1.82, 2.24) is 5.32 Å². The fraction of sp³-hybridized carbons (Fsp3) is 0.471. The molecule has 1 aromatic carbocycles. The Morgan fingerprint density at radius 3 is 2.60 bits per heavy atom. The fourth-order valence-electron chi connectivity index (χ4n) is 3.05. The molecule has 0 aromatic heterocycles. The summed E-state index contributed by atoms with van der Waals surface area (Å²) >= 11 is 4.85. The van der Waals surface area contributed by atoms with Gasteiger partial charge in [0.05, 0.1) is 4.75 Å². The zero-order chi connectivity index (χ0) is 17.9. The van der Waals surface area contributed by atoms with Gasteiger partial charge in [-0.05, 0) is 37.1 Å². The van der Waals surface area contributed by atoms with Gasteiger partial charge in [0.15, 0.2) is 6.61 Å². The molecule has 3 rings (SSSR count). The first kappa shape index (κ1) is 18.3. The third-order valence-electron chi connectivity index (χ3n) is 4.41. The number of amides is 2. The standard InChI is InChI=1S/C17H19BrN2O4S/c18-11-3-5-12(6-4-11)19-14(21)9-24-15(22)13-10-25-17(16(23)20-13)7-1-2-8-17/h3-6,13H,1-2,7-10H2,(H,19,21)(H,20,23)/t13-/m0/s1. The fourth-order valence-corrected chi connectivity index (χ4v) is 4.79. The highest BCUT2D eigenvalue weighted by molar-refractivity contribution is 9.10. The first-order valence-electron chi connectivity index (χ1n) is 8.15. The van der Waals surface area contributed by atoms with E-state index in [1.54, 1.807) is 24.3 Å².